The van der Waals surface area contributed by atoms with Crippen LogP contribution in [0.5, 0.6) is 0 Å². The van der Waals surface area contributed by atoms with Gasteiger partial charge in [0.25, 0.3) is 0 Å². The molecule has 9 atom stereocenters. The Morgan fingerprint density at radius 1 is 1.14 bits per heavy atom. The van der Waals surface area contributed by atoms with Crippen molar-refractivity contribution >= 4 is 6.29 Å². The van der Waals surface area contributed by atoms with Gasteiger partial charge < -0.3 is 50.0 Å². The van der Waals surface area contributed by atoms with Gasteiger partial charge in [0.1, 0.15) is 42.7 Å². The molecule has 7 N–H and O–H groups in total. The van der Waals surface area contributed by atoms with E-state index in [0.29, 0.717) is 0 Å². The summed E-state index contributed by atoms with van der Waals surface area (Å²) in [6.07, 6.45) is -14.4. The molecule has 0 aromatic heterocycles. The Labute approximate surface area is 126 Å². The van der Waals surface area contributed by atoms with Gasteiger partial charge in [0.2, 0.25) is 0 Å². The molecule has 1 rings (SSSR count). The molecule has 1 aliphatic heterocycles. The minimum Gasteiger partial charge on any atom is -0.394 e. The molecule has 1 heterocycles. The first kappa shape index (κ1) is 19.4. The third-order valence-electron chi connectivity index (χ3n) is 3.44. The van der Waals surface area contributed by atoms with Gasteiger partial charge in [-0.15, -0.1) is 0 Å². The molecule has 0 unspecified atom stereocenters. The Morgan fingerprint density at radius 3 is 2.18 bits per heavy atom. The van der Waals surface area contributed by atoms with Crippen molar-refractivity contribution in [3.05, 3.63) is 0 Å². The van der Waals surface area contributed by atoms with Crippen molar-refractivity contribution in [2.24, 2.45) is 0 Å². The van der Waals surface area contributed by atoms with Crippen LogP contribution in [0.25, 0.3) is 0 Å². The normalized spacial score (nSPS) is 38.1. The maximum atomic E-state index is 10.5. The van der Waals surface area contributed by atoms with E-state index in [2.05, 4.69) is 0 Å². The highest BCUT2D eigenvalue weighted by Crippen LogP contribution is 2.24. The SMILES string of the molecule is C[C@@H](O)[C@@H](O[C@@H]1O[C@H](CO)[C@H](O)[C@H](O)[C@H]1O)[C@H](O)[C@@H](O)C=O. The Bertz CT molecular complexity index is 349. The molecule has 0 aliphatic carbocycles. The highest BCUT2D eigenvalue weighted by atomic mass is 16.7. The molecule has 0 saturated carbocycles. The zero-order valence-corrected chi connectivity index (χ0v) is 11.8. The molecule has 0 aromatic rings. The predicted octanol–water partition coefficient (Wildman–Crippen LogP) is -4.53. The van der Waals surface area contributed by atoms with Gasteiger partial charge in [0.15, 0.2) is 12.6 Å². The summed E-state index contributed by atoms with van der Waals surface area (Å²) in [6, 6.07) is 0. The second-order valence-electron chi connectivity index (χ2n) is 5.16. The first-order valence-electron chi connectivity index (χ1n) is 6.70. The van der Waals surface area contributed by atoms with E-state index >= 15 is 0 Å². The number of aliphatic hydroxyl groups excluding tert-OH is 7. The van der Waals surface area contributed by atoms with Crippen molar-refractivity contribution in [3.63, 3.8) is 0 Å². The third-order valence-corrected chi connectivity index (χ3v) is 3.44. The number of ether oxygens (including phenoxy) is 2. The number of aliphatic hydroxyl groups is 7. The quantitative estimate of drug-likeness (QED) is 0.225. The number of hydrogen-bond donors (Lipinski definition) is 7. The molecule has 0 bridgehead atoms. The van der Waals surface area contributed by atoms with Gasteiger partial charge >= 0.3 is 0 Å². The van der Waals surface area contributed by atoms with Crippen LogP contribution < -0.4 is 0 Å². The van der Waals surface area contributed by atoms with Crippen molar-refractivity contribution in [3.8, 4) is 0 Å². The molecule has 0 aromatic carbocycles. The van der Waals surface area contributed by atoms with Crippen molar-refractivity contribution in [2.75, 3.05) is 6.61 Å². The zero-order chi connectivity index (χ0) is 17.0. The Morgan fingerprint density at radius 2 is 1.73 bits per heavy atom. The first-order chi connectivity index (χ1) is 10.2. The molecule has 1 aliphatic rings. The summed E-state index contributed by atoms with van der Waals surface area (Å²) in [5, 5.41) is 66.7. The summed E-state index contributed by atoms with van der Waals surface area (Å²) >= 11 is 0. The summed E-state index contributed by atoms with van der Waals surface area (Å²) in [5.74, 6) is 0. The summed E-state index contributed by atoms with van der Waals surface area (Å²) < 4.78 is 10.2. The van der Waals surface area contributed by atoms with Crippen LogP contribution in [-0.4, -0.2) is 104 Å². The van der Waals surface area contributed by atoms with Gasteiger partial charge in [-0.1, -0.05) is 0 Å². The van der Waals surface area contributed by atoms with Crippen molar-refractivity contribution in [1.29, 1.82) is 0 Å². The van der Waals surface area contributed by atoms with Gasteiger partial charge in [-0.2, -0.15) is 0 Å². The zero-order valence-electron chi connectivity index (χ0n) is 11.8. The average molecular weight is 326 g/mol. The second-order valence-corrected chi connectivity index (χ2v) is 5.16. The Kier molecular flexibility index (Phi) is 7.25. The van der Waals surface area contributed by atoms with Gasteiger partial charge in [0, 0.05) is 0 Å². The third kappa shape index (κ3) is 4.19. The summed E-state index contributed by atoms with van der Waals surface area (Å²) in [4.78, 5) is 10.5. The van der Waals surface area contributed by atoms with Gasteiger partial charge in [-0.3, -0.25) is 0 Å². The first-order valence-corrected chi connectivity index (χ1v) is 6.70. The lowest BCUT2D eigenvalue weighted by atomic mass is 9.98. The number of rotatable bonds is 7. The number of carbonyl (C=O) groups is 1. The van der Waals surface area contributed by atoms with Gasteiger partial charge in [-0.05, 0) is 6.92 Å². The van der Waals surface area contributed by atoms with Crippen LogP contribution in [0.2, 0.25) is 0 Å². The summed E-state index contributed by atoms with van der Waals surface area (Å²) in [7, 11) is 0. The molecule has 1 saturated heterocycles. The highest BCUT2D eigenvalue weighted by molar-refractivity contribution is 5.56. The van der Waals surface area contributed by atoms with Crippen LogP contribution in [0.15, 0.2) is 0 Å². The molecule has 10 heteroatoms. The maximum absolute atomic E-state index is 10.5. The van der Waals surface area contributed by atoms with Crippen molar-refractivity contribution in [2.45, 2.75) is 62.0 Å². The van der Waals surface area contributed by atoms with Gasteiger partial charge in [0.05, 0.1) is 12.7 Å². The van der Waals surface area contributed by atoms with Crippen molar-refractivity contribution in [1.82, 2.24) is 0 Å². The van der Waals surface area contributed by atoms with Crippen LogP contribution >= 0.6 is 0 Å². The molecular formula is C12H22O10. The van der Waals surface area contributed by atoms with Crippen LogP contribution in [0.3, 0.4) is 0 Å². The smallest absolute Gasteiger partial charge is 0.187 e. The molecule has 0 radical (unpaired) electrons. The molecule has 22 heavy (non-hydrogen) atoms. The van der Waals surface area contributed by atoms with E-state index < -0.39 is 61.7 Å². The fourth-order valence-corrected chi connectivity index (χ4v) is 2.09. The molecular weight excluding hydrogens is 304 g/mol. The second kappa shape index (κ2) is 8.24. The Balaban J connectivity index is 2.85. The van der Waals surface area contributed by atoms with E-state index in [1.807, 2.05) is 0 Å². The predicted molar refractivity (Wildman–Crippen MR) is 68.4 cm³/mol. The molecule has 0 amide bonds. The van der Waals surface area contributed by atoms with Crippen LogP contribution in [0.1, 0.15) is 6.92 Å². The molecule has 10 nitrogen and oxygen atoms in total. The number of aldehydes is 1. The van der Waals surface area contributed by atoms with E-state index in [1.54, 1.807) is 0 Å². The van der Waals surface area contributed by atoms with Crippen LogP contribution in [-0.2, 0) is 14.3 Å². The van der Waals surface area contributed by atoms with E-state index in [-0.39, 0.29) is 6.29 Å². The van der Waals surface area contributed by atoms with Crippen molar-refractivity contribution < 1.29 is 50.0 Å². The molecule has 0 spiro atoms. The maximum Gasteiger partial charge on any atom is 0.187 e. The Hall–Kier alpha value is -0.690. The molecule has 130 valence electrons. The fourth-order valence-electron chi connectivity index (χ4n) is 2.09. The minimum atomic E-state index is -1.84. The van der Waals surface area contributed by atoms with E-state index in [4.69, 9.17) is 14.6 Å². The highest BCUT2D eigenvalue weighted by Gasteiger charge is 2.46. The molecule has 1 fully saturated rings. The summed E-state index contributed by atoms with van der Waals surface area (Å²) in [6.45, 7) is 0.527. The average Bonchev–Trinajstić information content (AvgIpc) is 2.50. The number of carbonyl (C=O) groups excluding carboxylic acids is 1. The van der Waals surface area contributed by atoms with E-state index in [1.165, 1.54) is 6.92 Å². The minimum absolute atomic E-state index is 0.0384. The lowest BCUT2D eigenvalue weighted by molar-refractivity contribution is -0.324. The van der Waals surface area contributed by atoms with Crippen LogP contribution in [0, 0.1) is 0 Å². The lowest BCUT2D eigenvalue weighted by Crippen LogP contribution is -2.61. The van der Waals surface area contributed by atoms with Gasteiger partial charge in [-0.25, -0.2) is 0 Å². The van der Waals surface area contributed by atoms with E-state index in [9.17, 15) is 35.4 Å². The standard InChI is InChI=1S/C12H22O10/c1-4(15)11(7(17)5(16)2-13)22-12-10(20)9(19)8(18)6(3-14)21-12/h2,4-12,14-20H,3H2,1H3/t4-,5+,6-,7-,8+,9+,10-,11-,12+/m1/s1. The summed E-state index contributed by atoms with van der Waals surface area (Å²) in [5.41, 5.74) is 0. The topological polar surface area (TPSA) is 177 Å². The van der Waals surface area contributed by atoms with E-state index in [0.717, 1.165) is 0 Å². The monoisotopic (exact) mass is 326 g/mol. The van der Waals surface area contributed by atoms with Crippen LogP contribution in [0.4, 0.5) is 0 Å². The lowest BCUT2D eigenvalue weighted by Gasteiger charge is -2.41. The fraction of sp³-hybridized carbons (Fsp3) is 0.917. The largest absolute Gasteiger partial charge is 0.394 e. The number of hydrogen-bond acceptors (Lipinski definition) is 10.